The van der Waals surface area contributed by atoms with E-state index >= 15 is 0 Å². The van der Waals surface area contributed by atoms with Crippen molar-refractivity contribution in [1.82, 2.24) is 30.6 Å². The molecule has 2 heterocycles. The molecule has 12 heteroatoms. The molecule has 0 aliphatic rings. The summed E-state index contributed by atoms with van der Waals surface area (Å²) in [6, 6.07) is 14.8. The Labute approximate surface area is 294 Å². The number of carbonyl (C=O) groups is 2. The maximum absolute atomic E-state index is 12.6. The zero-order chi connectivity index (χ0) is 37.1. The Kier molecular flexibility index (Phi) is 11.2. The number of H-pyrrole nitrogens is 2. The van der Waals surface area contributed by atoms with Crippen molar-refractivity contribution in [3.63, 3.8) is 0 Å². The number of imidazole rings is 2. The van der Waals surface area contributed by atoms with Crippen LogP contribution in [-0.2, 0) is 9.47 Å². The molecule has 2 unspecified atom stereocenters. The van der Waals surface area contributed by atoms with E-state index in [1.807, 2.05) is 76.2 Å². The van der Waals surface area contributed by atoms with Gasteiger partial charge >= 0.3 is 12.2 Å². The van der Waals surface area contributed by atoms with Crippen molar-refractivity contribution in [2.75, 3.05) is 13.2 Å². The van der Waals surface area contributed by atoms with Crippen molar-refractivity contribution in [2.45, 2.75) is 92.5 Å². The number of aromatic amines is 2. The maximum atomic E-state index is 12.6. The van der Waals surface area contributed by atoms with Crippen LogP contribution in [0, 0.1) is 10.8 Å². The first-order chi connectivity index (χ1) is 23.2. The van der Waals surface area contributed by atoms with E-state index in [1.54, 1.807) is 53.9 Å². The normalized spacial score (nSPS) is 13.8. The molecule has 0 aliphatic carbocycles. The Morgan fingerprint density at radius 2 is 0.900 bits per heavy atom. The molecule has 270 valence electrons. The molecule has 0 bridgehead atoms. The van der Waals surface area contributed by atoms with Gasteiger partial charge in [-0.05, 0) is 63.8 Å². The lowest BCUT2D eigenvalue weighted by molar-refractivity contribution is 0.0388. The SMILES string of the molecule is CC(C)(C)OC(=O)NC(c1ncc(-c2ccc(-c3ccc(-c4cnc(C(NC(=O)OC(C)(C)C)C(C)(C)CO)[nH]4)cc3)cc2)[nH]1)C(C)(C)CO. The second kappa shape index (κ2) is 14.7. The number of carbonyl (C=O) groups excluding carboxylic acids is 2. The number of rotatable bonds is 11. The highest BCUT2D eigenvalue weighted by Gasteiger charge is 2.36. The predicted octanol–water partition coefficient (Wildman–Crippen LogP) is 7.30. The monoisotopic (exact) mass is 688 g/mol. The maximum Gasteiger partial charge on any atom is 0.408 e. The van der Waals surface area contributed by atoms with Crippen molar-refractivity contribution in [1.29, 1.82) is 0 Å². The summed E-state index contributed by atoms with van der Waals surface area (Å²) in [4.78, 5) is 41.0. The number of aromatic nitrogens is 4. The molecule has 2 aromatic heterocycles. The summed E-state index contributed by atoms with van der Waals surface area (Å²) in [5.41, 5.74) is 2.63. The van der Waals surface area contributed by atoms with Gasteiger partial charge in [-0.1, -0.05) is 76.2 Å². The number of hydrogen-bond acceptors (Lipinski definition) is 8. The number of alkyl carbamates (subject to hydrolysis) is 2. The van der Waals surface area contributed by atoms with Gasteiger partial charge in [-0.15, -0.1) is 0 Å². The molecule has 0 fully saturated rings. The second-order valence-corrected chi connectivity index (χ2v) is 16.0. The van der Waals surface area contributed by atoms with E-state index in [9.17, 15) is 19.8 Å². The zero-order valence-corrected chi connectivity index (χ0v) is 30.8. The minimum absolute atomic E-state index is 0.174. The van der Waals surface area contributed by atoms with Gasteiger partial charge in [-0.25, -0.2) is 19.6 Å². The molecule has 0 spiro atoms. The van der Waals surface area contributed by atoms with Crippen LogP contribution < -0.4 is 10.6 Å². The number of nitrogens with one attached hydrogen (secondary N) is 4. The predicted molar refractivity (Wildman–Crippen MR) is 193 cm³/mol. The van der Waals surface area contributed by atoms with Crippen molar-refractivity contribution in [3.05, 3.63) is 72.6 Å². The van der Waals surface area contributed by atoms with Crippen LogP contribution in [0.3, 0.4) is 0 Å². The Balaban J connectivity index is 1.50. The van der Waals surface area contributed by atoms with Crippen molar-refractivity contribution in [2.24, 2.45) is 10.8 Å². The van der Waals surface area contributed by atoms with Crippen LogP contribution >= 0.6 is 0 Å². The minimum Gasteiger partial charge on any atom is -0.444 e. The van der Waals surface area contributed by atoms with Crippen molar-refractivity contribution in [3.8, 4) is 33.6 Å². The highest BCUT2D eigenvalue weighted by atomic mass is 16.6. The molecule has 0 saturated carbocycles. The second-order valence-electron chi connectivity index (χ2n) is 16.0. The fourth-order valence-corrected chi connectivity index (χ4v) is 5.25. The van der Waals surface area contributed by atoms with Gasteiger partial charge in [-0.2, -0.15) is 0 Å². The molecule has 2 amide bonds. The average molecular weight is 689 g/mol. The molecular weight excluding hydrogens is 636 g/mol. The molecule has 0 aliphatic heterocycles. The quantitative estimate of drug-likeness (QED) is 0.0952. The fraction of sp³-hybridized carbons (Fsp3) is 0.474. The van der Waals surface area contributed by atoms with E-state index in [0.29, 0.717) is 11.6 Å². The van der Waals surface area contributed by atoms with Gasteiger partial charge in [-0.3, -0.25) is 0 Å². The van der Waals surface area contributed by atoms with Crippen LogP contribution in [-0.4, -0.2) is 66.8 Å². The first-order valence-corrected chi connectivity index (χ1v) is 16.7. The van der Waals surface area contributed by atoms with Crippen LogP contribution in [0.2, 0.25) is 0 Å². The number of hydrogen-bond donors (Lipinski definition) is 6. The summed E-state index contributed by atoms with van der Waals surface area (Å²) in [6.45, 7) is 17.8. The third kappa shape index (κ3) is 9.72. The fourth-order valence-electron chi connectivity index (χ4n) is 5.25. The lowest BCUT2D eigenvalue weighted by Gasteiger charge is -2.32. The van der Waals surface area contributed by atoms with Crippen LogP contribution in [0.5, 0.6) is 0 Å². The zero-order valence-electron chi connectivity index (χ0n) is 30.8. The smallest absolute Gasteiger partial charge is 0.408 e. The van der Waals surface area contributed by atoms with E-state index in [2.05, 4.69) is 30.6 Å². The molecule has 4 aromatic rings. The Hall–Kier alpha value is -4.68. The first-order valence-electron chi connectivity index (χ1n) is 16.7. The molecule has 6 N–H and O–H groups in total. The number of nitrogens with zero attached hydrogens (tertiary/aromatic N) is 2. The molecule has 0 saturated heterocycles. The Morgan fingerprint density at radius 3 is 1.18 bits per heavy atom. The number of amides is 2. The third-order valence-electron chi connectivity index (χ3n) is 8.16. The number of aliphatic hydroxyl groups is 2. The molecule has 12 nitrogen and oxygen atoms in total. The van der Waals surface area contributed by atoms with E-state index in [0.717, 1.165) is 33.6 Å². The van der Waals surface area contributed by atoms with Crippen molar-refractivity contribution >= 4 is 12.2 Å². The van der Waals surface area contributed by atoms with E-state index < -0.39 is 46.3 Å². The highest BCUT2D eigenvalue weighted by molar-refractivity contribution is 5.72. The van der Waals surface area contributed by atoms with Crippen LogP contribution in [0.4, 0.5) is 9.59 Å². The Morgan fingerprint density at radius 1 is 0.600 bits per heavy atom. The largest absolute Gasteiger partial charge is 0.444 e. The van der Waals surface area contributed by atoms with Crippen LogP contribution in [0.1, 0.15) is 93.0 Å². The van der Waals surface area contributed by atoms with Gasteiger partial charge in [0.25, 0.3) is 0 Å². The Bertz CT molecular complexity index is 1610. The topological polar surface area (TPSA) is 174 Å². The lowest BCUT2D eigenvalue weighted by atomic mass is 9.85. The minimum atomic E-state index is -0.714. The summed E-state index contributed by atoms with van der Waals surface area (Å²) in [6.07, 6.45) is 2.25. The van der Waals surface area contributed by atoms with E-state index in [1.165, 1.54) is 0 Å². The third-order valence-corrected chi connectivity index (χ3v) is 8.16. The van der Waals surface area contributed by atoms with Gasteiger partial charge in [0.1, 0.15) is 22.9 Å². The molecule has 4 rings (SSSR count). The molecule has 50 heavy (non-hydrogen) atoms. The van der Waals surface area contributed by atoms with Crippen LogP contribution in [0.25, 0.3) is 33.6 Å². The summed E-state index contributed by atoms with van der Waals surface area (Å²) in [5, 5.41) is 25.9. The van der Waals surface area contributed by atoms with Gasteiger partial charge < -0.3 is 40.3 Å². The van der Waals surface area contributed by atoms with Crippen molar-refractivity contribution < 1.29 is 29.3 Å². The number of aliphatic hydroxyl groups excluding tert-OH is 2. The van der Waals surface area contributed by atoms with E-state index in [-0.39, 0.29) is 13.2 Å². The summed E-state index contributed by atoms with van der Waals surface area (Å²) >= 11 is 0. The first kappa shape index (κ1) is 38.1. The average Bonchev–Trinajstić information content (AvgIpc) is 3.72. The summed E-state index contributed by atoms with van der Waals surface area (Å²) in [7, 11) is 0. The molecular formula is C38H52N6O6. The van der Waals surface area contributed by atoms with Gasteiger partial charge in [0.05, 0.1) is 49.1 Å². The van der Waals surface area contributed by atoms with Gasteiger partial charge in [0.15, 0.2) is 0 Å². The van der Waals surface area contributed by atoms with E-state index in [4.69, 9.17) is 9.47 Å². The number of ether oxygens (including phenoxy) is 2. The molecule has 0 radical (unpaired) electrons. The summed E-state index contributed by atoms with van der Waals surface area (Å²) < 4.78 is 10.9. The molecule has 2 atom stereocenters. The highest BCUT2D eigenvalue weighted by Crippen LogP contribution is 2.35. The number of benzene rings is 2. The lowest BCUT2D eigenvalue weighted by Crippen LogP contribution is -2.42. The molecule has 2 aromatic carbocycles. The summed E-state index contributed by atoms with van der Waals surface area (Å²) in [5.74, 6) is 1.02. The standard InChI is InChI=1S/C38H52N6O6/c1-35(2,3)49-33(47)43-29(37(7,8)21-45)31-39-19-27(41-31)25-15-11-23(12-16-25)24-13-17-26(18-14-24)28-20-40-32(42-28)30(38(9,10)22-46)44-34(48)50-36(4,5)6/h11-20,29-30,45-46H,21-22H2,1-10H3,(H,39,41)(H,40,42)(H,43,47)(H,44,48). The van der Waals surface area contributed by atoms with Gasteiger partial charge in [0.2, 0.25) is 0 Å². The van der Waals surface area contributed by atoms with Gasteiger partial charge in [0, 0.05) is 10.8 Å². The van der Waals surface area contributed by atoms with Crippen LogP contribution in [0.15, 0.2) is 60.9 Å².